The smallest absolute Gasteiger partial charge is 0.310 e. The Morgan fingerprint density at radius 3 is 2.21 bits per heavy atom. The van der Waals surface area contributed by atoms with Crippen LogP contribution in [0.4, 0.5) is 0 Å². The zero-order valence-corrected chi connectivity index (χ0v) is 14.8. The van der Waals surface area contributed by atoms with Crippen LogP contribution in [-0.2, 0) is 4.79 Å². The van der Waals surface area contributed by atoms with Gasteiger partial charge < -0.3 is 5.11 Å². The summed E-state index contributed by atoms with van der Waals surface area (Å²) in [7, 11) is 0. The van der Waals surface area contributed by atoms with Crippen molar-refractivity contribution in [3.8, 4) is 0 Å². The van der Waals surface area contributed by atoms with Gasteiger partial charge in [0.1, 0.15) is 0 Å². The van der Waals surface area contributed by atoms with Crippen LogP contribution in [0.5, 0.6) is 0 Å². The van der Waals surface area contributed by atoms with E-state index in [0.29, 0.717) is 0 Å². The molecule has 24 heavy (non-hydrogen) atoms. The van der Waals surface area contributed by atoms with E-state index in [-0.39, 0.29) is 0 Å². The molecule has 0 bridgehead atoms. The molecule has 0 spiro atoms. The number of aliphatic carboxylic acids is 1. The maximum Gasteiger partial charge on any atom is 0.310 e. The third-order valence-electron chi connectivity index (χ3n) is 4.84. The van der Waals surface area contributed by atoms with E-state index in [9.17, 15) is 9.90 Å². The number of fused-ring (bicyclic) bond motifs is 1. The Hall–Kier alpha value is -1.83. The molecule has 0 heterocycles. The molecule has 2 aromatic rings. The number of hydrogen-bond donors (Lipinski definition) is 1. The van der Waals surface area contributed by atoms with Gasteiger partial charge in [-0.25, -0.2) is 0 Å². The fourth-order valence-electron chi connectivity index (χ4n) is 3.45. The molecule has 2 aromatic carbocycles. The number of benzene rings is 2. The van der Waals surface area contributed by atoms with Gasteiger partial charge in [-0.15, -0.1) is 0 Å². The summed E-state index contributed by atoms with van der Waals surface area (Å²) in [5.74, 6) is -1.09. The van der Waals surface area contributed by atoms with Gasteiger partial charge in [0.25, 0.3) is 0 Å². The standard InChI is InChI=1S/C22H30O2/c1-2-3-4-5-6-7-8-9-16-21(22(23)24)20-17-12-14-18-13-10-11-15-19(18)20/h10-15,17,21H,2-9,16H2,1H3,(H,23,24). The number of carboxylic acid groups (broad SMARTS) is 1. The fourth-order valence-corrected chi connectivity index (χ4v) is 3.45. The van der Waals surface area contributed by atoms with Crippen molar-refractivity contribution in [3.63, 3.8) is 0 Å². The van der Waals surface area contributed by atoms with E-state index < -0.39 is 11.9 Å². The molecule has 0 amide bonds. The van der Waals surface area contributed by atoms with E-state index in [1.54, 1.807) is 0 Å². The van der Waals surface area contributed by atoms with E-state index >= 15 is 0 Å². The van der Waals surface area contributed by atoms with Gasteiger partial charge in [0, 0.05) is 0 Å². The van der Waals surface area contributed by atoms with Crippen molar-refractivity contribution < 1.29 is 9.90 Å². The maximum atomic E-state index is 11.8. The molecule has 1 atom stereocenters. The molecule has 2 rings (SSSR count). The summed E-state index contributed by atoms with van der Waals surface area (Å²) >= 11 is 0. The van der Waals surface area contributed by atoms with Crippen LogP contribution in [-0.4, -0.2) is 11.1 Å². The first-order chi connectivity index (χ1) is 11.7. The monoisotopic (exact) mass is 326 g/mol. The highest BCUT2D eigenvalue weighted by molar-refractivity contribution is 5.90. The molecule has 0 fully saturated rings. The lowest BCUT2D eigenvalue weighted by Gasteiger charge is -2.15. The van der Waals surface area contributed by atoms with Crippen LogP contribution in [0, 0.1) is 0 Å². The van der Waals surface area contributed by atoms with E-state index in [1.807, 2.05) is 42.5 Å². The van der Waals surface area contributed by atoms with Crippen molar-refractivity contribution in [2.75, 3.05) is 0 Å². The lowest BCUT2D eigenvalue weighted by atomic mass is 9.89. The fraction of sp³-hybridized carbons (Fsp3) is 0.500. The molecule has 0 saturated carbocycles. The number of hydrogen-bond acceptors (Lipinski definition) is 1. The average Bonchev–Trinajstić information content (AvgIpc) is 2.60. The third kappa shape index (κ3) is 5.36. The highest BCUT2D eigenvalue weighted by atomic mass is 16.4. The number of carboxylic acids is 1. The highest BCUT2D eigenvalue weighted by Crippen LogP contribution is 2.30. The number of rotatable bonds is 11. The highest BCUT2D eigenvalue weighted by Gasteiger charge is 2.21. The normalized spacial score (nSPS) is 12.4. The Morgan fingerprint density at radius 2 is 1.50 bits per heavy atom. The summed E-state index contributed by atoms with van der Waals surface area (Å²) < 4.78 is 0. The van der Waals surface area contributed by atoms with E-state index in [4.69, 9.17) is 0 Å². The summed E-state index contributed by atoms with van der Waals surface area (Å²) in [5.41, 5.74) is 0.962. The average molecular weight is 326 g/mol. The van der Waals surface area contributed by atoms with Crippen LogP contribution in [0.3, 0.4) is 0 Å². The molecule has 0 aliphatic rings. The molecule has 0 saturated heterocycles. The number of unbranched alkanes of at least 4 members (excludes halogenated alkanes) is 7. The SMILES string of the molecule is CCCCCCCCCCC(C(=O)O)c1cccc2ccccc12. The van der Waals surface area contributed by atoms with Gasteiger partial charge in [-0.3, -0.25) is 4.79 Å². The van der Waals surface area contributed by atoms with Gasteiger partial charge in [0.05, 0.1) is 5.92 Å². The molecule has 2 nitrogen and oxygen atoms in total. The molecule has 0 aliphatic heterocycles. The van der Waals surface area contributed by atoms with E-state index in [2.05, 4.69) is 6.92 Å². The van der Waals surface area contributed by atoms with Gasteiger partial charge in [-0.05, 0) is 22.8 Å². The molecule has 1 unspecified atom stereocenters. The Morgan fingerprint density at radius 1 is 0.875 bits per heavy atom. The summed E-state index contributed by atoms with van der Waals surface area (Å²) in [5, 5.41) is 11.9. The lowest BCUT2D eigenvalue weighted by molar-refractivity contribution is -0.139. The quantitative estimate of drug-likeness (QED) is 0.476. The number of carbonyl (C=O) groups is 1. The Labute approximate surface area is 145 Å². The molecular weight excluding hydrogens is 296 g/mol. The first-order valence-corrected chi connectivity index (χ1v) is 9.44. The zero-order chi connectivity index (χ0) is 17.2. The van der Waals surface area contributed by atoms with Crippen LogP contribution in [0.25, 0.3) is 10.8 Å². The van der Waals surface area contributed by atoms with Gasteiger partial charge in [0.15, 0.2) is 0 Å². The van der Waals surface area contributed by atoms with Crippen molar-refractivity contribution in [1.82, 2.24) is 0 Å². The molecule has 0 aliphatic carbocycles. The van der Waals surface area contributed by atoms with Crippen molar-refractivity contribution in [2.24, 2.45) is 0 Å². The zero-order valence-electron chi connectivity index (χ0n) is 14.8. The second-order valence-electron chi connectivity index (χ2n) is 6.72. The molecular formula is C22H30O2. The predicted octanol–water partition coefficient (Wildman–Crippen LogP) is 6.54. The Balaban J connectivity index is 1.89. The minimum absolute atomic E-state index is 0.392. The summed E-state index contributed by atoms with van der Waals surface area (Å²) in [6.07, 6.45) is 10.7. The molecule has 0 radical (unpaired) electrons. The van der Waals surface area contributed by atoms with Crippen LogP contribution >= 0.6 is 0 Å². The molecule has 130 valence electrons. The Bertz CT molecular complexity index is 627. The lowest BCUT2D eigenvalue weighted by Crippen LogP contribution is -2.12. The minimum Gasteiger partial charge on any atom is -0.481 e. The largest absolute Gasteiger partial charge is 0.481 e. The topological polar surface area (TPSA) is 37.3 Å². The van der Waals surface area contributed by atoms with Crippen molar-refractivity contribution in [2.45, 2.75) is 70.6 Å². The predicted molar refractivity (Wildman–Crippen MR) is 102 cm³/mol. The van der Waals surface area contributed by atoms with Crippen molar-refractivity contribution in [1.29, 1.82) is 0 Å². The van der Waals surface area contributed by atoms with Crippen LogP contribution < -0.4 is 0 Å². The summed E-state index contributed by atoms with van der Waals surface area (Å²) in [6, 6.07) is 14.1. The first kappa shape index (κ1) is 18.5. The van der Waals surface area contributed by atoms with Crippen molar-refractivity contribution in [3.05, 3.63) is 48.0 Å². The van der Waals surface area contributed by atoms with Gasteiger partial charge >= 0.3 is 5.97 Å². The Kier molecular flexibility index (Phi) is 7.81. The second-order valence-corrected chi connectivity index (χ2v) is 6.72. The van der Waals surface area contributed by atoms with Crippen LogP contribution in [0.15, 0.2) is 42.5 Å². The van der Waals surface area contributed by atoms with E-state index in [1.165, 1.54) is 38.5 Å². The molecule has 1 N–H and O–H groups in total. The first-order valence-electron chi connectivity index (χ1n) is 9.44. The second kappa shape index (κ2) is 10.1. The van der Waals surface area contributed by atoms with Gasteiger partial charge in [-0.2, -0.15) is 0 Å². The summed E-state index contributed by atoms with van der Waals surface area (Å²) in [4.78, 5) is 11.8. The molecule has 2 heteroatoms. The minimum atomic E-state index is -0.700. The molecule has 0 aromatic heterocycles. The van der Waals surface area contributed by atoms with Crippen LogP contribution in [0.2, 0.25) is 0 Å². The maximum absolute atomic E-state index is 11.8. The van der Waals surface area contributed by atoms with Gasteiger partial charge in [-0.1, -0.05) is 101 Å². The van der Waals surface area contributed by atoms with Gasteiger partial charge in [0.2, 0.25) is 0 Å². The summed E-state index contributed by atoms with van der Waals surface area (Å²) in [6.45, 7) is 2.24. The van der Waals surface area contributed by atoms with E-state index in [0.717, 1.165) is 35.6 Å². The van der Waals surface area contributed by atoms with Crippen LogP contribution in [0.1, 0.15) is 76.2 Å². The third-order valence-corrected chi connectivity index (χ3v) is 4.84. The van der Waals surface area contributed by atoms with Crippen molar-refractivity contribution >= 4 is 16.7 Å².